The maximum atomic E-state index is 12.7. The Balaban J connectivity index is 2.31. The molecule has 1 unspecified atom stereocenters. The summed E-state index contributed by atoms with van der Waals surface area (Å²) in [7, 11) is -2.20. The van der Waals surface area contributed by atoms with Gasteiger partial charge in [-0.25, -0.2) is 8.42 Å². The van der Waals surface area contributed by atoms with Crippen LogP contribution in [0.3, 0.4) is 0 Å². The summed E-state index contributed by atoms with van der Waals surface area (Å²) in [6, 6.07) is 4.35. The number of nitrogens with two attached hydrogens (primary N) is 1. The second kappa shape index (κ2) is 6.21. The Morgan fingerprint density at radius 3 is 2.86 bits per heavy atom. The molecule has 3 N–H and O–H groups in total. The second-order valence-electron chi connectivity index (χ2n) is 5.00. The van der Waals surface area contributed by atoms with Crippen LogP contribution < -0.4 is 11.1 Å². The molecule has 1 aromatic carbocycles. The Labute approximate surface area is 129 Å². The van der Waals surface area contributed by atoms with Gasteiger partial charge in [-0.3, -0.25) is 4.79 Å². The van der Waals surface area contributed by atoms with E-state index in [9.17, 15) is 13.2 Å². The van der Waals surface area contributed by atoms with E-state index >= 15 is 0 Å². The van der Waals surface area contributed by atoms with Crippen LogP contribution in [0.15, 0.2) is 23.1 Å². The highest BCUT2D eigenvalue weighted by Crippen LogP contribution is 2.29. The highest BCUT2D eigenvalue weighted by molar-refractivity contribution is 7.89. The number of piperidine rings is 1. The number of nitrogen functional groups attached to an aromatic ring is 1. The average molecular weight is 332 g/mol. The van der Waals surface area contributed by atoms with Gasteiger partial charge in [-0.1, -0.05) is 11.6 Å². The lowest BCUT2D eigenvalue weighted by Crippen LogP contribution is -2.44. The van der Waals surface area contributed by atoms with Gasteiger partial charge in [0.25, 0.3) is 0 Å². The van der Waals surface area contributed by atoms with E-state index < -0.39 is 10.0 Å². The molecule has 0 aliphatic carbocycles. The lowest BCUT2D eigenvalue weighted by molar-refractivity contribution is -0.125. The van der Waals surface area contributed by atoms with Crippen molar-refractivity contribution in [2.24, 2.45) is 5.92 Å². The predicted octanol–water partition coefficient (Wildman–Crippen LogP) is 1.07. The molecule has 21 heavy (non-hydrogen) atoms. The molecule has 1 heterocycles. The lowest BCUT2D eigenvalue weighted by Gasteiger charge is -2.31. The van der Waals surface area contributed by atoms with E-state index in [1.807, 2.05) is 0 Å². The number of rotatable bonds is 3. The topological polar surface area (TPSA) is 92.5 Å². The smallest absolute Gasteiger partial charge is 0.245 e. The minimum absolute atomic E-state index is 0.00689. The van der Waals surface area contributed by atoms with Gasteiger partial charge in [-0.15, -0.1) is 0 Å². The SMILES string of the molecule is CNC(=O)C1CCCN(S(=O)(=O)c2cc(Cl)ccc2N)C1. The first-order valence-electron chi connectivity index (χ1n) is 6.63. The Bertz CT molecular complexity index is 648. The van der Waals surface area contributed by atoms with Crippen molar-refractivity contribution >= 4 is 33.2 Å². The van der Waals surface area contributed by atoms with Crippen LogP contribution in [0.4, 0.5) is 5.69 Å². The first-order valence-corrected chi connectivity index (χ1v) is 8.45. The Morgan fingerprint density at radius 2 is 2.19 bits per heavy atom. The summed E-state index contributed by atoms with van der Waals surface area (Å²) >= 11 is 5.86. The third-order valence-corrected chi connectivity index (χ3v) is 5.75. The number of anilines is 1. The number of hydrogen-bond acceptors (Lipinski definition) is 4. The van der Waals surface area contributed by atoms with Crippen molar-refractivity contribution < 1.29 is 13.2 Å². The average Bonchev–Trinajstić information content (AvgIpc) is 2.49. The van der Waals surface area contributed by atoms with Gasteiger partial charge in [-0.2, -0.15) is 4.31 Å². The zero-order valence-corrected chi connectivity index (χ0v) is 13.2. The highest BCUT2D eigenvalue weighted by atomic mass is 35.5. The van der Waals surface area contributed by atoms with Crippen LogP contribution >= 0.6 is 11.6 Å². The van der Waals surface area contributed by atoms with Crippen molar-refractivity contribution in [3.8, 4) is 0 Å². The first kappa shape index (κ1) is 16.1. The molecule has 0 aromatic heterocycles. The van der Waals surface area contributed by atoms with Gasteiger partial charge >= 0.3 is 0 Å². The van der Waals surface area contributed by atoms with Crippen LogP contribution in [-0.2, 0) is 14.8 Å². The van der Waals surface area contributed by atoms with E-state index in [0.29, 0.717) is 24.4 Å². The minimum atomic E-state index is -3.75. The molecule has 0 spiro atoms. The summed E-state index contributed by atoms with van der Waals surface area (Å²) in [6.45, 7) is 0.537. The van der Waals surface area contributed by atoms with Crippen LogP contribution in [0.25, 0.3) is 0 Å². The third kappa shape index (κ3) is 3.30. The van der Waals surface area contributed by atoms with Gasteiger partial charge in [0.1, 0.15) is 4.90 Å². The Morgan fingerprint density at radius 1 is 1.48 bits per heavy atom. The molecule has 1 aliphatic heterocycles. The van der Waals surface area contributed by atoms with E-state index in [-0.39, 0.29) is 29.0 Å². The van der Waals surface area contributed by atoms with Gasteiger partial charge in [0.15, 0.2) is 0 Å². The molecular formula is C13H18ClN3O3S. The number of nitrogens with one attached hydrogen (secondary N) is 1. The molecule has 116 valence electrons. The number of halogens is 1. The summed E-state index contributed by atoms with van der Waals surface area (Å²) in [6.07, 6.45) is 1.31. The standard InChI is InChI=1S/C13H18ClN3O3S/c1-16-13(18)9-3-2-6-17(8-9)21(19,20)12-7-10(14)4-5-11(12)15/h4-5,7,9H,2-3,6,8,15H2,1H3,(H,16,18). The van der Waals surface area contributed by atoms with Crippen LogP contribution in [0, 0.1) is 5.92 Å². The van der Waals surface area contributed by atoms with E-state index in [1.165, 1.54) is 16.4 Å². The molecule has 0 saturated carbocycles. The van der Waals surface area contributed by atoms with Gasteiger partial charge < -0.3 is 11.1 Å². The van der Waals surface area contributed by atoms with Crippen LogP contribution in [-0.4, -0.2) is 38.8 Å². The zero-order valence-electron chi connectivity index (χ0n) is 11.7. The molecule has 2 rings (SSSR count). The predicted molar refractivity (Wildman–Crippen MR) is 81.4 cm³/mol. The number of nitrogens with zero attached hydrogens (tertiary/aromatic N) is 1. The minimum Gasteiger partial charge on any atom is -0.398 e. The molecule has 0 radical (unpaired) electrons. The normalized spacial score (nSPS) is 20.2. The maximum absolute atomic E-state index is 12.7. The summed E-state index contributed by atoms with van der Waals surface area (Å²) in [5.41, 5.74) is 5.91. The van der Waals surface area contributed by atoms with E-state index in [2.05, 4.69) is 5.32 Å². The second-order valence-corrected chi connectivity index (χ2v) is 7.34. The fourth-order valence-corrected chi connectivity index (χ4v) is 4.35. The Hall–Kier alpha value is -1.31. The van der Waals surface area contributed by atoms with Crippen molar-refractivity contribution in [3.63, 3.8) is 0 Å². The summed E-state index contributed by atoms with van der Waals surface area (Å²) in [5, 5.41) is 2.87. The number of sulfonamides is 1. The monoisotopic (exact) mass is 331 g/mol. The molecule has 0 bridgehead atoms. The molecule has 6 nitrogen and oxygen atoms in total. The largest absolute Gasteiger partial charge is 0.398 e. The molecular weight excluding hydrogens is 314 g/mol. The van der Waals surface area contributed by atoms with Gasteiger partial charge in [-0.05, 0) is 31.0 Å². The zero-order chi connectivity index (χ0) is 15.6. The Kier molecular flexibility index (Phi) is 4.75. The number of amides is 1. The van der Waals surface area contributed by atoms with Crippen LogP contribution in [0.1, 0.15) is 12.8 Å². The molecule has 1 aliphatic rings. The lowest BCUT2D eigenvalue weighted by atomic mass is 9.99. The number of benzene rings is 1. The fourth-order valence-electron chi connectivity index (χ4n) is 2.45. The van der Waals surface area contributed by atoms with E-state index in [0.717, 1.165) is 0 Å². The number of hydrogen-bond donors (Lipinski definition) is 2. The van der Waals surface area contributed by atoms with Crippen molar-refractivity contribution in [3.05, 3.63) is 23.2 Å². The quantitative estimate of drug-likeness (QED) is 0.810. The van der Waals surface area contributed by atoms with Crippen molar-refractivity contribution in [2.75, 3.05) is 25.9 Å². The van der Waals surface area contributed by atoms with Crippen molar-refractivity contribution in [1.29, 1.82) is 0 Å². The molecule has 1 atom stereocenters. The van der Waals surface area contributed by atoms with Gasteiger partial charge in [0.05, 0.1) is 11.6 Å². The maximum Gasteiger partial charge on any atom is 0.245 e. The summed E-state index contributed by atoms with van der Waals surface area (Å²) in [4.78, 5) is 11.7. The summed E-state index contributed by atoms with van der Waals surface area (Å²) < 4.78 is 26.6. The molecule has 1 amide bonds. The van der Waals surface area contributed by atoms with Gasteiger partial charge in [0.2, 0.25) is 15.9 Å². The third-order valence-electron chi connectivity index (χ3n) is 3.59. The fraction of sp³-hybridized carbons (Fsp3) is 0.462. The molecule has 1 aromatic rings. The number of carbonyl (C=O) groups is 1. The van der Waals surface area contributed by atoms with E-state index in [4.69, 9.17) is 17.3 Å². The first-order chi connectivity index (χ1) is 9.86. The van der Waals surface area contributed by atoms with Gasteiger partial charge in [0, 0.05) is 25.2 Å². The van der Waals surface area contributed by atoms with Crippen molar-refractivity contribution in [2.45, 2.75) is 17.7 Å². The molecule has 1 fully saturated rings. The van der Waals surface area contributed by atoms with Crippen LogP contribution in [0.5, 0.6) is 0 Å². The van der Waals surface area contributed by atoms with Crippen LogP contribution in [0.2, 0.25) is 5.02 Å². The molecule has 1 saturated heterocycles. The summed E-state index contributed by atoms with van der Waals surface area (Å²) in [5.74, 6) is -0.479. The highest BCUT2D eigenvalue weighted by Gasteiger charge is 2.33. The number of carbonyl (C=O) groups excluding carboxylic acids is 1. The van der Waals surface area contributed by atoms with Crippen molar-refractivity contribution in [1.82, 2.24) is 9.62 Å². The van der Waals surface area contributed by atoms with E-state index in [1.54, 1.807) is 13.1 Å². The molecule has 8 heteroatoms.